The highest BCUT2D eigenvalue weighted by atomic mass is 16.5. The number of methoxy groups -OCH3 is 1. The van der Waals surface area contributed by atoms with Crippen LogP contribution >= 0.6 is 0 Å². The van der Waals surface area contributed by atoms with Crippen LogP contribution in [0.3, 0.4) is 0 Å². The van der Waals surface area contributed by atoms with E-state index < -0.39 is 0 Å². The van der Waals surface area contributed by atoms with E-state index >= 15 is 0 Å². The first kappa shape index (κ1) is 19.0. The van der Waals surface area contributed by atoms with E-state index in [1.54, 1.807) is 35.1 Å². The summed E-state index contributed by atoms with van der Waals surface area (Å²) in [6.07, 6.45) is 6.83. The van der Waals surface area contributed by atoms with Crippen molar-refractivity contribution in [1.82, 2.24) is 35.0 Å². The van der Waals surface area contributed by atoms with Gasteiger partial charge < -0.3 is 15.0 Å². The van der Waals surface area contributed by atoms with E-state index in [1.165, 1.54) is 0 Å². The second-order valence-electron chi connectivity index (χ2n) is 6.45. The van der Waals surface area contributed by atoms with Crippen LogP contribution in [0, 0.1) is 0 Å². The maximum absolute atomic E-state index is 12.8. The van der Waals surface area contributed by atoms with Gasteiger partial charge in [0.1, 0.15) is 0 Å². The van der Waals surface area contributed by atoms with E-state index in [0.717, 1.165) is 19.4 Å². The van der Waals surface area contributed by atoms with Gasteiger partial charge in [0.05, 0.1) is 37.2 Å². The van der Waals surface area contributed by atoms with Crippen molar-refractivity contribution in [2.45, 2.75) is 38.9 Å². The van der Waals surface area contributed by atoms with E-state index in [4.69, 9.17) is 4.74 Å². The molecule has 1 saturated heterocycles. The number of rotatable bonds is 8. The fraction of sp³-hybridized carbons (Fsp3) is 0.588. The number of aryl methyl sites for hydroxylation is 1. The van der Waals surface area contributed by atoms with Crippen LogP contribution in [0.25, 0.3) is 0 Å². The van der Waals surface area contributed by atoms with Gasteiger partial charge in [-0.05, 0) is 19.8 Å². The fourth-order valence-electron chi connectivity index (χ4n) is 3.17. The summed E-state index contributed by atoms with van der Waals surface area (Å²) in [4.78, 5) is 26.6. The second kappa shape index (κ2) is 8.76. The third kappa shape index (κ3) is 4.51. The summed E-state index contributed by atoms with van der Waals surface area (Å²) < 4.78 is 8.26. The molecule has 1 aliphatic rings. The number of ether oxygens (including phenoxy) is 1. The SMILES string of the molecule is CCn1cc(C(=O)N2CCC[C@H]2Cn2cc(C(=O)NCCOC)nn2)cn1. The Hall–Kier alpha value is -2.75. The number of nitrogens with zero attached hydrogens (tertiary/aromatic N) is 6. The third-order valence-corrected chi connectivity index (χ3v) is 4.60. The summed E-state index contributed by atoms with van der Waals surface area (Å²) in [5.41, 5.74) is 0.853. The molecule has 3 heterocycles. The third-order valence-electron chi connectivity index (χ3n) is 4.60. The number of amides is 2. The molecule has 0 spiro atoms. The number of aromatic nitrogens is 5. The molecule has 2 amide bonds. The highest BCUT2D eigenvalue weighted by molar-refractivity contribution is 5.94. The van der Waals surface area contributed by atoms with Crippen LogP contribution in [0.4, 0.5) is 0 Å². The first-order chi connectivity index (χ1) is 13.1. The molecule has 0 saturated carbocycles. The summed E-state index contributed by atoms with van der Waals surface area (Å²) in [5.74, 6) is -0.306. The number of hydrogen-bond donors (Lipinski definition) is 1. The Balaban J connectivity index is 1.61. The van der Waals surface area contributed by atoms with E-state index in [2.05, 4.69) is 20.7 Å². The predicted octanol–water partition coefficient (Wildman–Crippen LogP) is 0.176. The standard InChI is InChI=1S/C17H25N7O3/c1-3-22-10-13(9-19-22)17(26)24-7-4-5-14(24)11-23-12-15(20-21-23)16(25)18-6-8-27-2/h9-10,12,14H,3-8,11H2,1-2H3,(H,18,25)/t14-/m0/s1. The maximum atomic E-state index is 12.8. The van der Waals surface area contributed by atoms with Crippen molar-refractivity contribution in [3.8, 4) is 0 Å². The Morgan fingerprint density at radius 3 is 2.93 bits per heavy atom. The van der Waals surface area contributed by atoms with Gasteiger partial charge in [0, 0.05) is 32.9 Å². The molecule has 0 bridgehead atoms. The van der Waals surface area contributed by atoms with E-state index in [0.29, 0.717) is 31.8 Å². The molecule has 2 aromatic rings. The monoisotopic (exact) mass is 375 g/mol. The molecule has 3 rings (SSSR count). The molecule has 146 valence electrons. The van der Waals surface area contributed by atoms with E-state index in [-0.39, 0.29) is 23.6 Å². The van der Waals surface area contributed by atoms with Crippen molar-refractivity contribution in [3.63, 3.8) is 0 Å². The van der Waals surface area contributed by atoms with Crippen LogP contribution in [-0.4, -0.2) is 74.3 Å². The van der Waals surface area contributed by atoms with Gasteiger partial charge in [-0.3, -0.25) is 14.3 Å². The largest absolute Gasteiger partial charge is 0.383 e. The van der Waals surface area contributed by atoms with Crippen molar-refractivity contribution in [1.29, 1.82) is 0 Å². The van der Waals surface area contributed by atoms with Crippen molar-refractivity contribution in [2.75, 3.05) is 26.8 Å². The van der Waals surface area contributed by atoms with Gasteiger partial charge in [0.25, 0.3) is 11.8 Å². The summed E-state index contributed by atoms with van der Waals surface area (Å²) in [7, 11) is 1.57. The summed E-state index contributed by atoms with van der Waals surface area (Å²) in [5, 5.41) is 14.8. The topological polar surface area (TPSA) is 107 Å². The molecule has 0 aromatic carbocycles. The normalized spacial score (nSPS) is 16.7. The average Bonchev–Trinajstić information content (AvgIpc) is 3.42. The van der Waals surface area contributed by atoms with Gasteiger partial charge in [0.15, 0.2) is 5.69 Å². The summed E-state index contributed by atoms with van der Waals surface area (Å²) in [6, 6.07) is 0.0218. The lowest BCUT2D eigenvalue weighted by molar-refractivity contribution is 0.0720. The fourth-order valence-corrected chi connectivity index (χ4v) is 3.17. The summed E-state index contributed by atoms with van der Waals surface area (Å²) in [6.45, 7) is 4.77. The Bertz CT molecular complexity index is 785. The minimum absolute atomic E-state index is 0.0187. The van der Waals surface area contributed by atoms with Crippen molar-refractivity contribution in [2.24, 2.45) is 0 Å². The Morgan fingerprint density at radius 2 is 2.19 bits per heavy atom. The molecule has 27 heavy (non-hydrogen) atoms. The molecule has 0 aliphatic carbocycles. The molecule has 10 heteroatoms. The zero-order valence-corrected chi connectivity index (χ0v) is 15.7. The van der Waals surface area contributed by atoms with Gasteiger partial charge in [0.2, 0.25) is 0 Å². The van der Waals surface area contributed by atoms with Crippen molar-refractivity contribution < 1.29 is 14.3 Å². The Morgan fingerprint density at radius 1 is 1.33 bits per heavy atom. The van der Waals surface area contributed by atoms with E-state index in [9.17, 15) is 9.59 Å². The van der Waals surface area contributed by atoms with Crippen LogP contribution in [-0.2, 0) is 17.8 Å². The highest BCUT2D eigenvalue weighted by Crippen LogP contribution is 2.21. The second-order valence-corrected chi connectivity index (χ2v) is 6.45. The molecule has 10 nitrogen and oxygen atoms in total. The smallest absolute Gasteiger partial charge is 0.273 e. The molecular weight excluding hydrogens is 350 g/mol. The molecule has 1 aliphatic heterocycles. The lowest BCUT2D eigenvalue weighted by atomic mass is 10.2. The van der Waals surface area contributed by atoms with Gasteiger partial charge in [-0.1, -0.05) is 5.21 Å². The molecular formula is C17H25N7O3. The Labute approximate surface area is 157 Å². The number of carbonyl (C=O) groups is 2. The molecule has 0 radical (unpaired) electrons. The minimum atomic E-state index is -0.287. The van der Waals surface area contributed by atoms with Crippen LogP contribution in [0.1, 0.15) is 40.6 Å². The minimum Gasteiger partial charge on any atom is -0.383 e. The number of likely N-dealkylation sites (tertiary alicyclic amines) is 1. The van der Waals surface area contributed by atoms with Crippen LogP contribution in [0.2, 0.25) is 0 Å². The van der Waals surface area contributed by atoms with E-state index in [1.807, 2.05) is 11.8 Å². The Kier molecular flexibility index (Phi) is 6.17. The predicted molar refractivity (Wildman–Crippen MR) is 96.2 cm³/mol. The number of nitrogens with one attached hydrogen (secondary N) is 1. The van der Waals surface area contributed by atoms with Crippen LogP contribution in [0.15, 0.2) is 18.6 Å². The zero-order valence-electron chi connectivity index (χ0n) is 15.7. The quantitative estimate of drug-likeness (QED) is 0.660. The molecule has 1 N–H and O–H groups in total. The lowest BCUT2D eigenvalue weighted by Gasteiger charge is -2.24. The zero-order chi connectivity index (χ0) is 19.2. The number of hydrogen-bond acceptors (Lipinski definition) is 6. The molecule has 1 fully saturated rings. The van der Waals surface area contributed by atoms with Gasteiger partial charge in [-0.25, -0.2) is 4.68 Å². The molecule has 0 unspecified atom stereocenters. The van der Waals surface area contributed by atoms with Crippen LogP contribution in [0.5, 0.6) is 0 Å². The average molecular weight is 375 g/mol. The first-order valence-electron chi connectivity index (χ1n) is 9.13. The van der Waals surface area contributed by atoms with Crippen molar-refractivity contribution in [3.05, 3.63) is 29.8 Å². The van der Waals surface area contributed by atoms with Crippen molar-refractivity contribution >= 4 is 11.8 Å². The van der Waals surface area contributed by atoms with Gasteiger partial charge in [-0.2, -0.15) is 5.10 Å². The van der Waals surface area contributed by atoms with Crippen LogP contribution < -0.4 is 5.32 Å². The molecule has 1 atom stereocenters. The number of carbonyl (C=O) groups excluding carboxylic acids is 2. The maximum Gasteiger partial charge on any atom is 0.273 e. The highest BCUT2D eigenvalue weighted by Gasteiger charge is 2.30. The first-order valence-corrected chi connectivity index (χ1v) is 9.13. The molecule has 2 aromatic heterocycles. The van der Waals surface area contributed by atoms with Gasteiger partial charge in [-0.15, -0.1) is 5.10 Å². The lowest BCUT2D eigenvalue weighted by Crippen LogP contribution is -2.38. The van der Waals surface area contributed by atoms with Gasteiger partial charge >= 0.3 is 0 Å². The summed E-state index contributed by atoms with van der Waals surface area (Å²) >= 11 is 0.